The number of allylic oxidation sites excluding steroid dienone is 1. The first kappa shape index (κ1) is 11.8. The van der Waals surface area contributed by atoms with Gasteiger partial charge in [0.05, 0.1) is 11.8 Å². The van der Waals surface area contributed by atoms with Crippen LogP contribution >= 0.6 is 0 Å². The van der Waals surface area contributed by atoms with E-state index in [2.05, 4.69) is 12.1 Å². The fourth-order valence-corrected chi connectivity index (χ4v) is 1.12. The molecular weight excluding hydrogens is 190 g/mol. The third-order valence-corrected chi connectivity index (χ3v) is 1.94. The van der Waals surface area contributed by atoms with E-state index in [0.29, 0.717) is 6.42 Å². The molecule has 1 atom stereocenters. The van der Waals surface area contributed by atoms with Gasteiger partial charge in [-0.2, -0.15) is 0 Å². The second-order valence-corrected chi connectivity index (χ2v) is 3.30. The summed E-state index contributed by atoms with van der Waals surface area (Å²) in [5.74, 6) is 0. The van der Waals surface area contributed by atoms with Crippen molar-refractivity contribution in [2.45, 2.75) is 18.9 Å². The molecule has 0 saturated carbocycles. The zero-order valence-electron chi connectivity index (χ0n) is 8.73. The van der Waals surface area contributed by atoms with Crippen LogP contribution in [0.5, 0.6) is 0 Å². The van der Waals surface area contributed by atoms with E-state index in [-0.39, 0.29) is 6.61 Å². The maximum Gasteiger partial charge on any atom is 0.100 e. The number of anilines is 1. The molecule has 0 aliphatic rings. The van der Waals surface area contributed by atoms with Crippen LogP contribution in [0.1, 0.15) is 12.8 Å². The molecule has 0 amide bonds. The van der Waals surface area contributed by atoms with Gasteiger partial charge in [-0.15, -0.1) is 6.58 Å². The first-order chi connectivity index (χ1) is 7.33. The third kappa shape index (κ3) is 5.20. The fraction of sp³-hybridized carbons (Fsp3) is 0.333. The number of aliphatic hydroxyl groups excluding tert-OH is 1. The quantitative estimate of drug-likeness (QED) is 0.532. The fourth-order valence-electron chi connectivity index (χ4n) is 1.12. The van der Waals surface area contributed by atoms with E-state index in [1.807, 2.05) is 30.3 Å². The highest BCUT2D eigenvalue weighted by Crippen LogP contribution is 2.05. The van der Waals surface area contributed by atoms with E-state index < -0.39 is 6.10 Å². The van der Waals surface area contributed by atoms with Crippen molar-refractivity contribution in [3.63, 3.8) is 0 Å². The van der Waals surface area contributed by atoms with Crippen LogP contribution < -0.4 is 5.48 Å². The zero-order valence-corrected chi connectivity index (χ0v) is 8.73. The van der Waals surface area contributed by atoms with Gasteiger partial charge in [-0.3, -0.25) is 10.3 Å². The lowest BCUT2D eigenvalue weighted by molar-refractivity contribution is 0.0586. The van der Waals surface area contributed by atoms with Gasteiger partial charge in [0.25, 0.3) is 0 Å². The lowest BCUT2D eigenvalue weighted by Crippen LogP contribution is -2.17. The van der Waals surface area contributed by atoms with Crippen LogP contribution in [-0.4, -0.2) is 17.8 Å². The number of benzene rings is 1. The summed E-state index contributed by atoms with van der Waals surface area (Å²) in [4.78, 5) is 5.14. The number of aliphatic hydroxyl groups is 1. The van der Waals surface area contributed by atoms with Crippen LogP contribution in [0, 0.1) is 0 Å². The molecule has 0 fully saturated rings. The maximum atomic E-state index is 9.45. The Morgan fingerprint density at radius 2 is 2.13 bits per heavy atom. The highest BCUT2D eigenvalue weighted by molar-refractivity contribution is 5.39. The predicted octanol–water partition coefficient (Wildman–Crippen LogP) is 2.36. The van der Waals surface area contributed by atoms with Crippen molar-refractivity contribution in [1.29, 1.82) is 0 Å². The van der Waals surface area contributed by atoms with Crippen LogP contribution in [0.15, 0.2) is 43.0 Å². The van der Waals surface area contributed by atoms with E-state index in [1.165, 1.54) is 0 Å². The van der Waals surface area contributed by atoms with Gasteiger partial charge in [0.1, 0.15) is 6.61 Å². The van der Waals surface area contributed by atoms with Crippen molar-refractivity contribution in [3.05, 3.63) is 43.0 Å². The normalized spacial score (nSPS) is 12.1. The second-order valence-electron chi connectivity index (χ2n) is 3.30. The molecule has 1 rings (SSSR count). The van der Waals surface area contributed by atoms with E-state index >= 15 is 0 Å². The SMILES string of the molecule is C=CCCC(O)CONc1ccccc1. The molecule has 0 spiro atoms. The topological polar surface area (TPSA) is 41.5 Å². The zero-order chi connectivity index (χ0) is 10.9. The van der Waals surface area contributed by atoms with Gasteiger partial charge >= 0.3 is 0 Å². The molecule has 1 aromatic rings. The van der Waals surface area contributed by atoms with Gasteiger partial charge in [-0.25, -0.2) is 0 Å². The second kappa shape index (κ2) is 7.04. The number of para-hydroxylation sites is 1. The van der Waals surface area contributed by atoms with Crippen LogP contribution in [0.25, 0.3) is 0 Å². The molecule has 1 aromatic carbocycles. The van der Waals surface area contributed by atoms with Crippen molar-refractivity contribution in [1.82, 2.24) is 0 Å². The average Bonchev–Trinajstić information content (AvgIpc) is 2.28. The molecule has 0 radical (unpaired) electrons. The Labute approximate surface area is 90.3 Å². The van der Waals surface area contributed by atoms with Crippen molar-refractivity contribution in [3.8, 4) is 0 Å². The van der Waals surface area contributed by atoms with Crippen LogP contribution in [-0.2, 0) is 4.84 Å². The molecule has 0 aliphatic heterocycles. The van der Waals surface area contributed by atoms with Crippen molar-refractivity contribution >= 4 is 5.69 Å². The number of rotatable bonds is 7. The van der Waals surface area contributed by atoms with Gasteiger partial charge in [0.2, 0.25) is 0 Å². The van der Waals surface area contributed by atoms with Crippen LogP contribution in [0.3, 0.4) is 0 Å². The summed E-state index contributed by atoms with van der Waals surface area (Å²) in [6.45, 7) is 3.87. The van der Waals surface area contributed by atoms with Crippen LogP contribution in [0.2, 0.25) is 0 Å². The van der Waals surface area contributed by atoms with Gasteiger partial charge in [0, 0.05) is 0 Å². The first-order valence-electron chi connectivity index (χ1n) is 5.04. The molecule has 1 unspecified atom stereocenters. The Morgan fingerprint density at radius 3 is 2.80 bits per heavy atom. The summed E-state index contributed by atoms with van der Waals surface area (Å²) in [5, 5.41) is 9.45. The maximum absolute atomic E-state index is 9.45. The monoisotopic (exact) mass is 207 g/mol. The highest BCUT2D eigenvalue weighted by atomic mass is 16.6. The van der Waals surface area contributed by atoms with Gasteiger partial charge in [0.15, 0.2) is 0 Å². The van der Waals surface area contributed by atoms with E-state index in [0.717, 1.165) is 12.1 Å². The molecule has 3 nitrogen and oxygen atoms in total. The number of hydrogen-bond acceptors (Lipinski definition) is 3. The van der Waals surface area contributed by atoms with Crippen molar-refractivity contribution in [2.24, 2.45) is 0 Å². The lowest BCUT2D eigenvalue weighted by Gasteiger charge is -2.11. The molecule has 0 aliphatic carbocycles. The lowest BCUT2D eigenvalue weighted by atomic mass is 10.2. The molecule has 0 aromatic heterocycles. The Bertz CT molecular complexity index is 274. The molecular formula is C12H17NO2. The van der Waals surface area contributed by atoms with Crippen molar-refractivity contribution in [2.75, 3.05) is 12.1 Å². The smallest absolute Gasteiger partial charge is 0.100 e. The molecule has 82 valence electrons. The summed E-state index contributed by atoms with van der Waals surface area (Å²) in [7, 11) is 0. The minimum absolute atomic E-state index is 0.280. The Kier molecular flexibility index (Phi) is 5.51. The first-order valence-corrected chi connectivity index (χ1v) is 5.04. The van der Waals surface area contributed by atoms with Gasteiger partial charge in [-0.05, 0) is 25.0 Å². The molecule has 0 heterocycles. The Hall–Kier alpha value is -1.32. The average molecular weight is 207 g/mol. The summed E-state index contributed by atoms with van der Waals surface area (Å²) >= 11 is 0. The number of nitrogens with one attached hydrogen (secondary N) is 1. The summed E-state index contributed by atoms with van der Waals surface area (Å²) < 4.78 is 0. The predicted molar refractivity (Wildman–Crippen MR) is 61.5 cm³/mol. The van der Waals surface area contributed by atoms with Gasteiger partial charge < -0.3 is 5.11 Å². The van der Waals surface area contributed by atoms with E-state index in [9.17, 15) is 5.11 Å². The largest absolute Gasteiger partial charge is 0.391 e. The highest BCUT2D eigenvalue weighted by Gasteiger charge is 2.02. The Balaban J connectivity index is 2.13. The van der Waals surface area contributed by atoms with Gasteiger partial charge in [-0.1, -0.05) is 24.3 Å². The number of hydrogen-bond donors (Lipinski definition) is 2. The molecule has 3 heteroatoms. The standard InChI is InChI=1S/C12H17NO2/c1-2-3-9-12(14)10-15-13-11-7-5-4-6-8-11/h2,4-8,12-14H,1,3,9-10H2. The molecule has 0 bridgehead atoms. The van der Waals surface area contributed by atoms with Crippen molar-refractivity contribution < 1.29 is 9.94 Å². The third-order valence-electron chi connectivity index (χ3n) is 1.94. The van der Waals surface area contributed by atoms with Crippen LogP contribution in [0.4, 0.5) is 5.69 Å². The van der Waals surface area contributed by atoms with E-state index in [1.54, 1.807) is 6.08 Å². The summed E-state index contributed by atoms with van der Waals surface area (Å²) in [5.41, 5.74) is 3.65. The Morgan fingerprint density at radius 1 is 1.40 bits per heavy atom. The molecule has 15 heavy (non-hydrogen) atoms. The van der Waals surface area contributed by atoms with E-state index in [4.69, 9.17) is 4.84 Å². The minimum Gasteiger partial charge on any atom is -0.391 e. The molecule has 2 N–H and O–H groups in total. The summed E-state index contributed by atoms with van der Waals surface area (Å²) in [6.07, 6.45) is 2.82. The summed E-state index contributed by atoms with van der Waals surface area (Å²) in [6, 6.07) is 9.57. The molecule has 0 saturated heterocycles. The minimum atomic E-state index is -0.445.